The fourth-order valence-electron chi connectivity index (χ4n) is 2.84. The maximum absolute atomic E-state index is 11.7. The van der Waals surface area contributed by atoms with Crippen molar-refractivity contribution in [2.24, 2.45) is 11.8 Å². The molecule has 0 aromatic carbocycles. The summed E-state index contributed by atoms with van der Waals surface area (Å²) in [6.07, 6.45) is -1.73. The number of hydrogen-bond donors (Lipinski definition) is 3. The Morgan fingerprint density at radius 3 is 2.50 bits per heavy atom. The molecule has 2 aliphatic rings. The number of amides is 1. The van der Waals surface area contributed by atoms with Gasteiger partial charge in [-0.15, -0.1) is 0 Å². The van der Waals surface area contributed by atoms with Gasteiger partial charge in [0.2, 0.25) is 5.91 Å². The first kappa shape index (κ1) is 11.3. The van der Waals surface area contributed by atoms with Gasteiger partial charge in [-0.05, 0) is 6.92 Å². The number of carboxylic acid groups (broad SMARTS) is 1. The first-order chi connectivity index (χ1) is 7.37. The summed E-state index contributed by atoms with van der Waals surface area (Å²) in [6, 6.07) is -1.52. The molecule has 2 saturated heterocycles. The highest BCUT2D eigenvalue weighted by Gasteiger charge is 2.64. The van der Waals surface area contributed by atoms with E-state index >= 15 is 0 Å². The normalized spacial score (nSPS) is 43.9. The summed E-state index contributed by atoms with van der Waals surface area (Å²) in [5.41, 5.74) is 0. The minimum Gasteiger partial charge on any atom is -0.480 e. The molecule has 0 aromatic rings. The van der Waals surface area contributed by atoms with Crippen molar-refractivity contribution in [1.29, 1.82) is 0 Å². The lowest BCUT2D eigenvalue weighted by Gasteiger charge is -2.46. The van der Waals surface area contributed by atoms with E-state index in [4.69, 9.17) is 5.11 Å². The van der Waals surface area contributed by atoms with Crippen molar-refractivity contribution in [3.8, 4) is 0 Å². The number of rotatable bonds is 2. The van der Waals surface area contributed by atoms with Gasteiger partial charge in [0.25, 0.3) is 0 Å². The van der Waals surface area contributed by atoms with Gasteiger partial charge in [0.15, 0.2) is 0 Å². The molecule has 90 valence electrons. The predicted octanol–water partition coefficient (Wildman–Crippen LogP) is -1.34. The van der Waals surface area contributed by atoms with Gasteiger partial charge in [-0.1, -0.05) is 6.92 Å². The van der Waals surface area contributed by atoms with Gasteiger partial charge in [0.1, 0.15) is 6.04 Å². The van der Waals surface area contributed by atoms with E-state index in [-0.39, 0.29) is 5.91 Å². The fourth-order valence-corrected chi connectivity index (χ4v) is 2.84. The first-order valence-electron chi connectivity index (χ1n) is 5.29. The van der Waals surface area contributed by atoms with Crippen LogP contribution in [0.4, 0.5) is 0 Å². The van der Waals surface area contributed by atoms with Crippen LogP contribution in [0.2, 0.25) is 0 Å². The van der Waals surface area contributed by atoms with Gasteiger partial charge < -0.3 is 20.2 Å². The molecule has 0 spiro atoms. The van der Waals surface area contributed by atoms with E-state index in [0.29, 0.717) is 0 Å². The monoisotopic (exact) mass is 229 g/mol. The zero-order valence-corrected chi connectivity index (χ0v) is 9.07. The number of hydrogen-bond acceptors (Lipinski definition) is 4. The quantitative estimate of drug-likeness (QED) is 0.509. The molecule has 1 amide bonds. The Morgan fingerprint density at radius 1 is 1.50 bits per heavy atom. The Balaban J connectivity index is 2.28. The zero-order valence-electron chi connectivity index (χ0n) is 9.07. The van der Waals surface area contributed by atoms with Gasteiger partial charge >= 0.3 is 5.97 Å². The van der Waals surface area contributed by atoms with Crippen LogP contribution in [0.15, 0.2) is 0 Å². The molecule has 3 N–H and O–H groups in total. The number of nitrogens with zero attached hydrogens (tertiary/aromatic N) is 1. The summed E-state index contributed by atoms with van der Waals surface area (Å²) in [6.45, 7) is 3.08. The maximum atomic E-state index is 11.7. The average molecular weight is 229 g/mol. The molecule has 6 nitrogen and oxygen atoms in total. The molecule has 2 fully saturated rings. The Hall–Kier alpha value is -1.14. The Morgan fingerprint density at radius 2 is 2.06 bits per heavy atom. The first-order valence-corrected chi connectivity index (χ1v) is 5.29. The van der Waals surface area contributed by atoms with Crippen LogP contribution < -0.4 is 0 Å². The largest absolute Gasteiger partial charge is 0.480 e. The van der Waals surface area contributed by atoms with Gasteiger partial charge in [-0.3, -0.25) is 4.79 Å². The highest BCUT2D eigenvalue weighted by molar-refractivity contribution is 5.92. The second kappa shape index (κ2) is 3.43. The number of aliphatic hydroxyl groups excluding tert-OH is 2. The lowest BCUT2D eigenvalue weighted by atomic mass is 9.82. The van der Waals surface area contributed by atoms with Gasteiger partial charge in [0, 0.05) is 5.92 Å². The average Bonchev–Trinajstić information content (AvgIpc) is 2.38. The minimum absolute atomic E-state index is 0.379. The second-order valence-corrected chi connectivity index (χ2v) is 4.64. The molecule has 0 saturated carbocycles. The Labute approximate surface area is 92.5 Å². The molecule has 16 heavy (non-hydrogen) atoms. The Kier molecular flexibility index (Phi) is 2.43. The van der Waals surface area contributed by atoms with Crippen LogP contribution in [-0.4, -0.2) is 56.4 Å². The van der Waals surface area contributed by atoms with E-state index < -0.39 is 42.1 Å². The summed E-state index contributed by atoms with van der Waals surface area (Å²) in [7, 11) is 0. The molecule has 2 aliphatic heterocycles. The SMILES string of the molecule is CC1C(O)[C@@H]2[C@@H](C(C)O)C(=O)N2C1C(=O)O. The van der Waals surface area contributed by atoms with Gasteiger partial charge in [0.05, 0.1) is 24.2 Å². The molecule has 0 aromatic heterocycles. The number of carboxylic acids is 1. The van der Waals surface area contributed by atoms with E-state index in [1.54, 1.807) is 6.92 Å². The molecule has 6 atom stereocenters. The smallest absolute Gasteiger partial charge is 0.326 e. The molecule has 0 bridgehead atoms. The number of carbonyl (C=O) groups is 2. The van der Waals surface area contributed by atoms with Crippen LogP contribution in [0.1, 0.15) is 13.8 Å². The van der Waals surface area contributed by atoms with E-state index in [0.717, 1.165) is 0 Å². The van der Waals surface area contributed by atoms with E-state index in [9.17, 15) is 19.8 Å². The number of aliphatic carboxylic acids is 1. The third-order valence-electron chi connectivity index (χ3n) is 3.69. The van der Waals surface area contributed by atoms with Crippen LogP contribution in [0.3, 0.4) is 0 Å². The standard InChI is InChI=1S/C10H15NO5/c1-3-6(10(15)16)11-7(8(3)13)5(4(2)12)9(11)14/h3-8,12-13H,1-2H3,(H,15,16)/t3?,4?,5-,6?,7+,8?/m1/s1. The lowest BCUT2D eigenvalue weighted by molar-refractivity contribution is -0.172. The van der Waals surface area contributed by atoms with E-state index in [2.05, 4.69) is 0 Å². The van der Waals surface area contributed by atoms with Crippen LogP contribution in [-0.2, 0) is 9.59 Å². The van der Waals surface area contributed by atoms with Crippen molar-refractivity contribution in [2.45, 2.75) is 38.1 Å². The van der Waals surface area contributed by atoms with Crippen LogP contribution in [0.5, 0.6) is 0 Å². The van der Waals surface area contributed by atoms with Gasteiger partial charge in [-0.25, -0.2) is 4.79 Å². The molecule has 4 unspecified atom stereocenters. The molecular weight excluding hydrogens is 214 g/mol. The van der Waals surface area contributed by atoms with E-state index in [1.807, 2.05) is 0 Å². The highest BCUT2D eigenvalue weighted by atomic mass is 16.4. The summed E-state index contributed by atoms with van der Waals surface area (Å²) in [4.78, 5) is 23.9. The predicted molar refractivity (Wildman–Crippen MR) is 52.4 cm³/mol. The van der Waals surface area contributed by atoms with E-state index in [1.165, 1.54) is 11.8 Å². The molecule has 0 radical (unpaired) electrons. The maximum Gasteiger partial charge on any atom is 0.326 e. The van der Waals surface area contributed by atoms with Crippen LogP contribution >= 0.6 is 0 Å². The summed E-state index contributed by atoms with van der Waals surface area (Å²) < 4.78 is 0. The van der Waals surface area contributed by atoms with Crippen molar-refractivity contribution in [3.05, 3.63) is 0 Å². The second-order valence-electron chi connectivity index (χ2n) is 4.64. The fraction of sp³-hybridized carbons (Fsp3) is 0.800. The molecule has 2 heterocycles. The zero-order chi connectivity index (χ0) is 12.2. The molecular formula is C10H15NO5. The third-order valence-corrected chi connectivity index (χ3v) is 3.69. The van der Waals surface area contributed by atoms with Crippen molar-refractivity contribution in [2.75, 3.05) is 0 Å². The van der Waals surface area contributed by atoms with Crippen molar-refractivity contribution >= 4 is 11.9 Å². The molecule has 2 rings (SSSR count). The summed E-state index contributed by atoms with van der Waals surface area (Å²) in [5.74, 6) is -2.65. The number of aliphatic hydroxyl groups is 2. The topological polar surface area (TPSA) is 98.1 Å². The molecule has 6 heteroatoms. The Bertz CT molecular complexity index is 342. The summed E-state index contributed by atoms with van der Waals surface area (Å²) >= 11 is 0. The van der Waals surface area contributed by atoms with Crippen molar-refractivity contribution < 1.29 is 24.9 Å². The number of fused-ring (bicyclic) bond motifs is 1. The minimum atomic E-state index is -1.11. The highest BCUT2D eigenvalue weighted by Crippen LogP contribution is 2.44. The van der Waals surface area contributed by atoms with Crippen LogP contribution in [0, 0.1) is 11.8 Å². The third kappa shape index (κ3) is 1.20. The molecule has 0 aliphatic carbocycles. The number of carbonyl (C=O) groups excluding carboxylic acids is 1. The lowest BCUT2D eigenvalue weighted by Crippen LogP contribution is -2.66. The summed E-state index contributed by atoms with van der Waals surface area (Å²) in [5, 5.41) is 28.3. The van der Waals surface area contributed by atoms with Gasteiger partial charge in [-0.2, -0.15) is 0 Å². The van der Waals surface area contributed by atoms with Crippen molar-refractivity contribution in [3.63, 3.8) is 0 Å². The number of β-lactam (4-membered cyclic amide) rings is 1. The van der Waals surface area contributed by atoms with Crippen molar-refractivity contribution in [1.82, 2.24) is 4.90 Å². The van der Waals surface area contributed by atoms with Crippen LogP contribution in [0.25, 0.3) is 0 Å².